The van der Waals surface area contributed by atoms with E-state index in [9.17, 15) is 54.0 Å². The molecule has 4 N–H and O–H groups in total. The zero-order chi connectivity index (χ0) is 40.3. The van der Waals surface area contributed by atoms with E-state index >= 15 is 0 Å². The Balaban J connectivity index is 1.03. The first-order valence-electron chi connectivity index (χ1n) is 20.9. The molecular weight excluding hydrogens is 748 g/mol. The van der Waals surface area contributed by atoms with Crippen molar-refractivity contribution in [1.29, 1.82) is 0 Å². The first-order valence-corrected chi connectivity index (χ1v) is 20.9. The molecule has 8 rings (SSSR count). The van der Waals surface area contributed by atoms with Gasteiger partial charge in [0, 0.05) is 0 Å². The Morgan fingerprint density at radius 3 is 1.05 bits per heavy atom. The summed E-state index contributed by atoms with van der Waals surface area (Å²) in [6.07, 6.45) is 7.64. The molecule has 8 aliphatic carbocycles. The quantitative estimate of drug-likeness (QED) is 0.0672. The van der Waals surface area contributed by atoms with Crippen LogP contribution in [0.2, 0.25) is 0 Å². The molecule has 0 aromatic rings. The van der Waals surface area contributed by atoms with Crippen molar-refractivity contribution in [3.63, 3.8) is 0 Å². The van der Waals surface area contributed by atoms with E-state index in [1.807, 2.05) is 0 Å². The number of carboxylic acid groups (broad SMARTS) is 4. The summed E-state index contributed by atoms with van der Waals surface area (Å²) in [5.41, 5.74) is -1.62. The van der Waals surface area contributed by atoms with Crippen LogP contribution < -0.4 is 0 Å². The van der Waals surface area contributed by atoms with Gasteiger partial charge in [-0.1, -0.05) is 0 Å². The fourth-order valence-corrected chi connectivity index (χ4v) is 13.4. The minimum Gasteiger partial charge on any atom is -0.481 e. The molecular formula is C41H54O16. The Morgan fingerprint density at radius 1 is 0.404 bits per heavy atom. The molecule has 0 spiro atoms. The molecule has 0 amide bonds. The van der Waals surface area contributed by atoms with Gasteiger partial charge >= 0.3 is 41.8 Å². The Kier molecular flexibility index (Phi) is 11.1. The molecule has 8 aliphatic rings. The van der Waals surface area contributed by atoms with Gasteiger partial charge in [0.15, 0.2) is 0 Å². The standard InChI is InChI=1S/C41H54O16/c42-34(43)26-18-1-4-21(9-18)29(26)38(50)54-14-41(13-53-17-57-33-25-8-7-24(12-25)32(33)37(48)49,15-55-39(51)30-22-5-2-19(10-22)27(30)35(44)45)16-56-40(52)31-23-6-3-20(11-23)28(31)36(46)47/h18-33H,1-17H2,(H,42,43)(H,44,45)(H,46,47)(H,48,49). The summed E-state index contributed by atoms with van der Waals surface area (Å²) >= 11 is 0. The van der Waals surface area contributed by atoms with Gasteiger partial charge in [-0.25, -0.2) is 0 Å². The average molecular weight is 803 g/mol. The van der Waals surface area contributed by atoms with Crippen LogP contribution in [0.15, 0.2) is 0 Å². The van der Waals surface area contributed by atoms with E-state index in [0.29, 0.717) is 57.8 Å². The molecule has 0 saturated heterocycles. The number of fused-ring (bicyclic) bond motifs is 8. The maximum Gasteiger partial charge on any atom is 0.310 e. The van der Waals surface area contributed by atoms with E-state index in [2.05, 4.69) is 0 Å². The molecule has 8 saturated carbocycles. The molecule has 16 unspecified atom stereocenters. The minimum absolute atomic E-state index is 0.00345. The summed E-state index contributed by atoms with van der Waals surface area (Å²) < 4.78 is 29.8. The van der Waals surface area contributed by atoms with Gasteiger partial charge in [-0.3, -0.25) is 33.6 Å². The lowest BCUT2D eigenvalue weighted by atomic mass is 9.79. The minimum atomic E-state index is -1.62. The summed E-state index contributed by atoms with van der Waals surface area (Å²) in [6.45, 7) is -2.41. The van der Waals surface area contributed by atoms with Gasteiger partial charge in [0.2, 0.25) is 0 Å². The van der Waals surface area contributed by atoms with E-state index in [-0.39, 0.29) is 54.1 Å². The van der Waals surface area contributed by atoms with Gasteiger partial charge in [0.05, 0.1) is 59.6 Å². The zero-order valence-electron chi connectivity index (χ0n) is 31.9. The normalized spacial score (nSPS) is 41.5. The highest BCUT2D eigenvalue weighted by Gasteiger charge is 2.58. The fraction of sp³-hybridized carbons (Fsp3) is 0.829. The van der Waals surface area contributed by atoms with Crippen LogP contribution in [-0.2, 0) is 57.2 Å². The Hall–Kier alpha value is -3.79. The van der Waals surface area contributed by atoms with Crippen molar-refractivity contribution in [2.75, 3.05) is 33.2 Å². The fourth-order valence-electron chi connectivity index (χ4n) is 13.4. The SMILES string of the molecule is O=C(O)C1C2CCC(C2)C1OCOCC(COC(=O)C1C2CCC(C2)C1C(=O)O)(COC(=O)C1C2CCC(C2)C1C(=O)O)COC(=O)C1C2CCC(C2)C1C(=O)O. The highest BCUT2D eigenvalue weighted by Crippen LogP contribution is 2.55. The van der Waals surface area contributed by atoms with Crippen LogP contribution in [-0.4, -0.2) is 102 Å². The van der Waals surface area contributed by atoms with Crippen LogP contribution in [0.3, 0.4) is 0 Å². The molecule has 0 aromatic carbocycles. The molecule has 0 aromatic heterocycles. The third kappa shape index (κ3) is 7.31. The number of hydrogen-bond acceptors (Lipinski definition) is 12. The second-order valence-corrected chi connectivity index (χ2v) is 18.8. The van der Waals surface area contributed by atoms with Gasteiger partial charge in [-0.05, 0) is 124 Å². The van der Waals surface area contributed by atoms with Crippen LogP contribution in [0.1, 0.15) is 77.0 Å². The summed E-state index contributed by atoms with van der Waals surface area (Å²) in [5, 5.41) is 40.0. The highest BCUT2D eigenvalue weighted by molar-refractivity contribution is 5.84. The van der Waals surface area contributed by atoms with Crippen molar-refractivity contribution in [2.45, 2.75) is 83.2 Å². The summed E-state index contributed by atoms with van der Waals surface area (Å²) in [4.78, 5) is 90.5. The van der Waals surface area contributed by atoms with Gasteiger partial charge in [-0.15, -0.1) is 0 Å². The summed E-state index contributed by atoms with van der Waals surface area (Å²) in [5.74, 6) is -13.6. The van der Waals surface area contributed by atoms with Crippen molar-refractivity contribution < 1.29 is 77.7 Å². The van der Waals surface area contributed by atoms with Crippen molar-refractivity contribution in [3.05, 3.63) is 0 Å². The van der Waals surface area contributed by atoms with Crippen LogP contribution >= 0.6 is 0 Å². The van der Waals surface area contributed by atoms with Crippen molar-refractivity contribution in [2.24, 2.45) is 94.2 Å². The monoisotopic (exact) mass is 802 g/mol. The number of rotatable bonds is 18. The van der Waals surface area contributed by atoms with E-state index in [4.69, 9.17) is 23.7 Å². The van der Waals surface area contributed by atoms with Gasteiger partial charge in [-0.2, -0.15) is 0 Å². The second kappa shape index (κ2) is 15.8. The van der Waals surface area contributed by atoms with Crippen molar-refractivity contribution >= 4 is 41.8 Å². The third-order valence-electron chi connectivity index (χ3n) is 15.9. The zero-order valence-corrected chi connectivity index (χ0v) is 31.9. The van der Waals surface area contributed by atoms with Crippen molar-refractivity contribution in [3.8, 4) is 0 Å². The lowest BCUT2D eigenvalue weighted by molar-refractivity contribution is -0.189. The largest absolute Gasteiger partial charge is 0.481 e. The van der Waals surface area contributed by atoms with E-state index < -0.39 is 121 Å². The predicted octanol–water partition coefficient (Wildman–Crippen LogP) is 3.33. The van der Waals surface area contributed by atoms with Crippen LogP contribution in [0.4, 0.5) is 0 Å². The topological polar surface area (TPSA) is 247 Å². The first-order chi connectivity index (χ1) is 27.3. The number of carbonyl (C=O) groups is 7. The molecule has 0 aliphatic heterocycles. The second-order valence-electron chi connectivity index (χ2n) is 18.8. The van der Waals surface area contributed by atoms with Gasteiger partial charge in [0.1, 0.15) is 26.6 Å². The number of aliphatic carboxylic acids is 4. The molecule has 16 heteroatoms. The Bertz CT molecular complexity index is 1500. The van der Waals surface area contributed by atoms with Gasteiger partial charge in [0.25, 0.3) is 0 Å². The lowest BCUT2D eigenvalue weighted by Crippen LogP contribution is -2.47. The molecule has 314 valence electrons. The molecule has 8 bridgehead atoms. The van der Waals surface area contributed by atoms with Crippen LogP contribution in [0.25, 0.3) is 0 Å². The average Bonchev–Trinajstić information content (AvgIpc) is 4.05. The number of hydrogen-bond donors (Lipinski definition) is 4. The maximum absolute atomic E-state index is 13.8. The maximum atomic E-state index is 13.8. The number of carboxylic acids is 4. The molecule has 57 heavy (non-hydrogen) atoms. The van der Waals surface area contributed by atoms with E-state index in [1.165, 1.54) is 0 Å². The van der Waals surface area contributed by atoms with Crippen LogP contribution in [0, 0.1) is 94.2 Å². The number of ether oxygens (including phenoxy) is 5. The number of carbonyl (C=O) groups excluding carboxylic acids is 3. The summed E-state index contributed by atoms with van der Waals surface area (Å²) in [6, 6.07) is 0. The molecule has 16 atom stereocenters. The van der Waals surface area contributed by atoms with Crippen LogP contribution in [0.5, 0.6) is 0 Å². The predicted molar refractivity (Wildman–Crippen MR) is 189 cm³/mol. The van der Waals surface area contributed by atoms with E-state index in [1.54, 1.807) is 0 Å². The lowest BCUT2D eigenvalue weighted by Gasteiger charge is -2.35. The Morgan fingerprint density at radius 2 is 0.702 bits per heavy atom. The molecule has 8 fully saturated rings. The number of esters is 3. The van der Waals surface area contributed by atoms with Crippen molar-refractivity contribution in [1.82, 2.24) is 0 Å². The third-order valence-corrected chi connectivity index (χ3v) is 15.9. The molecule has 16 nitrogen and oxygen atoms in total. The Labute approximate surface area is 329 Å². The first kappa shape index (κ1) is 40.0. The molecule has 0 heterocycles. The van der Waals surface area contributed by atoms with Gasteiger partial charge < -0.3 is 44.1 Å². The summed E-state index contributed by atoms with van der Waals surface area (Å²) in [7, 11) is 0. The molecule has 0 radical (unpaired) electrons. The highest BCUT2D eigenvalue weighted by atomic mass is 16.7. The van der Waals surface area contributed by atoms with E-state index in [0.717, 1.165) is 19.3 Å². The smallest absolute Gasteiger partial charge is 0.310 e.